The van der Waals surface area contributed by atoms with Crippen LogP contribution in [0.1, 0.15) is 27.7 Å². The van der Waals surface area contributed by atoms with Gasteiger partial charge in [-0.05, 0) is 68.0 Å². The van der Waals surface area contributed by atoms with Gasteiger partial charge < -0.3 is 9.31 Å². The molecule has 6 aromatic rings. The highest BCUT2D eigenvalue weighted by atomic mass is 16.7. The topological polar surface area (TPSA) is 35.4 Å². The van der Waals surface area contributed by atoms with Crippen LogP contribution in [0.25, 0.3) is 44.1 Å². The van der Waals surface area contributed by atoms with Crippen molar-refractivity contribution in [3.05, 3.63) is 121 Å². The van der Waals surface area contributed by atoms with Crippen LogP contribution in [-0.2, 0) is 9.31 Å². The van der Waals surface area contributed by atoms with E-state index in [2.05, 4.69) is 159 Å². The Kier molecular flexibility index (Phi) is 6.04. The summed E-state index contributed by atoms with van der Waals surface area (Å²) in [5, 5.41) is 2.42. The molecule has 1 saturated heterocycles. The third-order valence-corrected chi connectivity index (χ3v) is 8.66. The number of hydrogen-bond donors (Lipinski definition) is 1. The second-order valence-corrected chi connectivity index (χ2v) is 11.8. The standard InChI is InChI=1S/C36H33BN2O2/c1-35(2)36(3,4)41-37(40-35)27-19-21-28(22-20-27)38-39-32-18-12-11-17-30(32)31-24-23-29(25-13-7-5-8-14-25)33(34(31)39)26-15-9-6-10-16-26/h5-24,38H,1-4H3. The molecule has 2 heterocycles. The van der Waals surface area contributed by atoms with Gasteiger partial charge in [-0.25, -0.2) is 0 Å². The van der Waals surface area contributed by atoms with Crippen LogP contribution in [0.2, 0.25) is 0 Å². The predicted octanol–water partition coefficient (Wildman–Crippen LogP) is 8.30. The number of nitrogens with zero attached hydrogens (tertiary/aromatic N) is 1. The van der Waals surface area contributed by atoms with Crippen molar-refractivity contribution in [1.29, 1.82) is 0 Å². The summed E-state index contributed by atoms with van der Waals surface area (Å²) in [4.78, 5) is 0. The molecule has 1 fully saturated rings. The zero-order valence-corrected chi connectivity index (χ0v) is 23.9. The molecule has 5 aromatic carbocycles. The van der Waals surface area contributed by atoms with Crippen LogP contribution < -0.4 is 10.9 Å². The number of fused-ring (bicyclic) bond motifs is 3. The van der Waals surface area contributed by atoms with Gasteiger partial charge in [0.1, 0.15) is 0 Å². The molecular weight excluding hydrogens is 503 g/mol. The monoisotopic (exact) mass is 536 g/mol. The Labute approximate surface area is 241 Å². The van der Waals surface area contributed by atoms with Gasteiger partial charge in [-0.15, -0.1) is 0 Å². The third kappa shape index (κ3) is 4.33. The Bertz CT molecular complexity index is 1840. The number of anilines is 1. The van der Waals surface area contributed by atoms with Gasteiger partial charge in [0, 0.05) is 16.3 Å². The lowest BCUT2D eigenvalue weighted by atomic mass is 9.79. The fourth-order valence-corrected chi connectivity index (χ4v) is 5.75. The Balaban J connectivity index is 1.38. The van der Waals surface area contributed by atoms with Gasteiger partial charge in [0.25, 0.3) is 0 Å². The highest BCUT2D eigenvalue weighted by Gasteiger charge is 2.51. The number of rotatable bonds is 5. The second kappa shape index (κ2) is 9.65. The quantitative estimate of drug-likeness (QED) is 0.225. The zero-order chi connectivity index (χ0) is 28.2. The fourth-order valence-electron chi connectivity index (χ4n) is 5.75. The lowest BCUT2D eigenvalue weighted by Crippen LogP contribution is -2.41. The Hall–Kier alpha value is -4.32. The van der Waals surface area contributed by atoms with Crippen molar-refractivity contribution in [3.8, 4) is 22.3 Å². The second-order valence-electron chi connectivity index (χ2n) is 11.8. The molecule has 1 aliphatic heterocycles. The lowest BCUT2D eigenvalue weighted by Gasteiger charge is -2.32. The maximum absolute atomic E-state index is 6.28. The van der Waals surface area contributed by atoms with E-state index >= 15 is 0 Å². The van der Waals surface area contributed by atoms with E-state index < -0.39 is 0 Å². The Morgan fingerprint density at radius 3 is 1.83 bits per heavy atom. The van der Waals surface area contributed by atoms with Crippen molar-refractivity contribution in [1.82, 2.24) is 4.68 Å². The van der Waals surface area contributed by atoms with E-state index in [0.717, 1.165) is 22.2 Å². The minimum Gasteiger partial charge on any atom is -0.399 e. The lowest BCUT2D eigenvalue weighted by molar-refractivity contribution is 0.00578. The van der Waals surface area contributed by atoms with Crippen LogP contribution in [0.4, 0.5) is 5.69 Å². The summed E-state index contributed by atoms with van der Waals surface area (Å²) in [7, 11) is -0.389. The molecule has 4 nitrogen and oxygen atoms in total. The smallest absolute Gasteiger partial charge is 0.399 e. The molecule has 1 N–H and O–H groups in total. The first-order chi connectivity index (χ1) is 19.8. The van der Waals surface area contributed by atoms with Gasteiger partial charge in [-0.2, -0.15) is 0 Å². The average Bonchev–Trinajstić information content (AvgIpc) is 3.42. The SMILES string of the molecule is CC1(C)OB(c2ccc(Nn3c4ccccc4c4ccc(-c5ccccc5)c(-c5ccccc5)c43)cc2)OC1(C)C. The van der Waals surface area contributed by atoms with Crippen LogP contribution >= 0.6 is 0 Å². The average molecular weight is 536 g/mol. The molecule has 5 heteroatoms. The first-order valence-corrected chi connectivity index (χ1v) is 14.2. The van der Waals surface area contributed by atoms with Gasteiger partial charge in [0.15, 0.2) is 0 Å². The van der Waals surface area contributed by atoms with Crippen molar-refractivity contribution in [3.63, 3.8) is 0 Å². The van der Waals surface area contributed by atoms with Crippen molar-refractivity contribution in [2.24, 2.45) is 0 Å². The van der Waals surface area contributed by atoms with Gasteiger partial charge in [-0.1, -0.05) is 103 Å². The number of aromatic nitrogens is 1. The highest BCUT2D eigenvalue weighted by molar-refractivity contribution is 6.62. The van der Waals surface area contributed by atoms with Crippen LogP contribution in [0, 0.1) is 0 Å². The maximum Gasteiger partial charge on any atom is 0.494 e. The molecule has 1 aromatic heterocycles. The van der Waals surface area contributed by atoms with E-state index in [4.69, 9.17) is 9.31 Å². The molecule has 0 saturated carbocycles. The van der Waals surface area contributed by atoms with Crippen LogP contribution in [0.3, 0.4) is 0 Å². The van der Waals surface area contributed by atoms with Gasteiger partial charge in [-0.3, -0.25) is 10.1 Å². The van der Waals surface area contributed by atoms with E-state index in [1.54, 1.807) is 0 Å². The van der Waals surface area contributed by atoms with Crippen LogP contribution in [-0.4, -0.2) is 23.0 Å². The summed E-state index contributed by atoms with van der Waals surface area (Å²) < 4.78 is 14.8. The van der Waals surface area contributed by atoms with Gasteiger partial charge >= 0.3 is 7.12 Å². The van der Waals surface area contributed by atoms with E-state index in [-0.39, 0.29) is 18.3 Å². The number of benzene rings is 5. The fraction of sp³-hybridized carbons (Fsp3) is 0.167. The molecule has 0 aliphatic carbocycles. The number of nitrogens with one attached hydrogen (secondary N) is 1. The normalized spacial score (nSPS) is 16.0. The van der Waals surface area contributed by atoms with Crippen molar-refractivity contribution >= 4 is 40.1 Å². The molecule has 202 valence electrons. The molecule has 0 atom stereocenters. The number of para-hydroxylation sites is 1. The highest BCUT2D eigenvalue weighted by Crippen LogP contribution is 2.42. The van der Waals surface area contributed by atoms with Gasteiger partial charge in [0.05, 0.1) is 27.9 Å². The first kappa shape index (κ1) is 25.6. The molecule has 7 rings (SSSR count). The Morgan fingerprint density at radius 2 is 1.17 bits per heavy atom. The molecule has 0 spiro atoms. The largest absolute Gasteiger partial charge is 0.494 e. The Morgan fingerprint density at radius 1 is 0.585 bits per heavy atom. The van der Waals surface area contributed by atoms with E-state index in [1.807, 2.05) is 0 Å². The van der Waals surface area contributed by atoms with Crippen LogP contribution in [0.15, 0.2) is 121 Å². The summed E-state index contributed by atoms with van der Waals surface area (Å²) in [5.41, 5.74) is 12.0. The predicted molar refractivity (Wildman–Crippen MR) is 171 cm³/mol. The molecule has 1 aliphatic rings. The van der Waals surface area contributed by atoms with Crippen LogP contribution in [0.5, 0.6) is 0 Å². The molecule has 0 unspecified atom stereocenters. The van der Waals surface area contributed by atoms with Crippen molar-refractivity contribution < 1.29 is 9.31 Å². The minimum atomic E-state index is -0.389. The molecular formula is C36H33BN2O2. The number of hydrogen-bond acceptors (Lipinski definition) is 3. The summed E-state index contributed by atoms with van der Waals surface area (Å²) in [5.74, 6) is 0. The third-order valence-electron chi connectivity index (χ3n) is 8.66. The zero-order valence-electron chi connectivity index (χ0n) is 23.9. The summed E-state index contributed by atoms with van der Waals surface area (Å²) >= 11 is 0. The van der Waals surface area contributed by atoms with E-state index in [1.165, 1.54) is 33.0 Å². The van der Waals surface area contributed by atoms with Crippen molar-refractivity contribution in [2.45, 2.75) is 38.9 Å². The molecule has 0 radical (unpaired) electrons. The summed E-state index contributed by atoms with van der Waals surface area (Å²) in [6.45, 7) is 8.33. The van der Waals surface area contributed by atoms with Gasteiger partial charge in [0.2, 0.25) is 0 Å². The maximum atomic E-state index is 6.28. The van der Waals surface area contributed by atoms with E-state index in [0.29, 0.717) is 0 Å². The van der Waals surface area contributed by atoms with Crippen molar-refractivity contribution in [2.75, 3.05) is 5.43 Å². The summed E-state index contributed by atoms with van der Waals surface area (Å²) in [6, 6.07) is 42.8. The molecule has 41 heavy (non-hydrogen) atoms. The molecule has 0 bridgehead atoms. The van der Waals surface area contributed by atoms with E-state index in [9.17, 15) is 0 Å². The molecule has 0 amide bonds. The first-order valence-electron chi connectivity index (χ1n) is 14.2. The summed E-state index contributed by atoms with van der Waals surface area (Å²) in [6.07, 6.45) is 0. The minimum absolute atomic E-state index is 0.373.